The van der Waals surface area contributed by atoms with E-state index in [1.54, 1.807) is 6.07 Å². The number of piperazine rings is 1. The first kappa shape index (κ1) is 19.5. The van der Waals surface area contributed by atoms with E-state index < -0.39 is 0 Å². The Hall–Kier alpha value is -1.80. The summed E-state index contributed by atoms with van der Waals surface area (Å²) in [5, 5.41) is 11.5. The van der Waals surface area contributed by atoms with Gasteiger partial charge in [-0.15, -0.1) is 22.7 Å². The fourth-order valence-electron chi connectivity index (χ4n) is 3.51. The lowest BCUT2D eigenvalue weighted by molar-refractivity contribution is 0.0956. The minimum absolute atomic E-state index is 0.0102. The van der Waals surface area contributed by atoms with E-state index in [0.29, 0.717) is 6.54 Å². The first-order valence-electron chi connectivity index (χ1n) is 9.67. The van der Waals surface area contributed by atoms with Gasteiger partial charge in [0.2, 0.25) is 0 Å². The van der Waals surface area contributed by atoms with E-state index in [9.17, 15) is 9.18 Å². The van der Waals surface area contributed by atoms with Gasteiger partial charge in [0.15, 0.2) is 0 Å². The summed E-state index contributed by atoms with van der Waals surface area (Å²) in [6.45, 7) is 6.20. The molecule has 2 N–H and O–H groups in total. The maximum atomic E-state index is 13.4. The van der Waals surface area contributed by atoms with Crippen LogP contribution < -0.4 is 10.6 Å². The van der Waals surface area contributed by atoms with Crippen LogP contribution in [0.1, 0.15) is 22.5 Å². The van der Waals surface area contributed by atoms with Crippen LogP contribution in [0.2, 0.25) is 0 Å². The molecule has 0 unspecified atom stereocenters. The van der Waals surface area contributed by atoms with Gasteiger partial charge >= 0.3 is 0 Å². The molecule has 1 fully saturated rings. The molecule has 0 radical (unpaired) electrons. The molecule has 4 nitrogen and oxygen atoms in total. The Labute approximate surface area is 172 Å². The van der Waals surface area contributed by atoms with E-state index in [-0.39, 0.29) is 11.7 Å². The van der Waals surface area contributed by atoms with Gasteiger partial charge in [-0.3, -0.25) is 4.79 Å². The molecule has 3 heterocycles. The second kappa shape index (κ2) is 9.13. The molecule has 1 amide bonds. The van der Waals surface area contributed by atoms with Gasteiger partial charge in [-0.1, -0.05) is 6.07 Å². The zero-order chi connectivity index (χ0) is 19.3. The van der Waals surface area contributed by atoms with Gasteiger partial charge in [0, 0.05) is 48.4 Å². The number of hydrogen-bond donors (Lipinski definition) is 2. The van der Waals surface area contributed by atoms with Crippen LogP contribution in [0.5, 0.6) is 0 Å². The molecule has 0 atom stereocenters. The van der Waals surface area contributed by atoms with E-state index >= 15 is 0 Å². The highest BCUT2D eigenvalue weighted by Gasteiger charge is 2.13. The van der Waals surface area contributed by atoms with Crippen LogP contribution in [0.15, 0.2) is 35.0 Å². The predicted octanol–water partition coefficient (Wildman–Crippen LogP) is 4.18. The Morgan fingerprint density at radius 3 is 2.86 bits per heavy atom. The van der Waals surface area contributed by atoms with E-state index in [2.05, 4.69) is 15.5 Å². The lowest BCUT2D eigenvalue weighted by Gasteiger charge is -2.27. The van der Waals surface area contributed by atoms with Crippen molar-refractivity contribution in [2.45, 2.75) is 12.8 Å². The molecule has 7 heteroatoms. The van der Waals surface area contributed by atoms with Crippen molar-refractivity contribution in [3.8, 4) is 11.1 Å². The van der Waals surface area contributed by atoms with E-state index in [1.165, 1.54) is 28.7 Å². The quantitative estimate of drug-likeness (QED) is 0.567. The number of halogens is 1. The third-order valence-corrected chi connectivity index (χ3v) is 6.94. The molecular weight excluding hydrogens is 393 g/mol. The summed E-state index contributed by atoms with van der Waals surface area (Å²) >= 11 is 2.99. The maximum absolute atomic E-state index is 13.4. The van der Waals surface area contributed by atoms with Crippen molar-refractivity contribution in [3.05, 3.63) is 45.7 Å². The first-order valence-corrected chi connectivity index (χ1v) is 11.4. The first-order chi connectivity index (χ1) is 13.7. The van der Waals surface area contributed by atoms with Gasteiger partial charge < -0.3 is 15.5 Å². The lowest BCUT2D eigenvalue weighted by Crippen LogP contribution is -2.43. The topological polar surface area (TPSA) is 44.4 Å². The minimum atomic E-state index is -0.219. The second-order valence-corrected chi connectivity index (χ2v) is 8.87. The molecule has 2 aromatic heterocycles. The molecule has 148 valence electrons. The largest absolute Gasteiger partial charge is 0.351 e. The summed E-state index contributed by atoms with van der Waals surface area (Å²) in [6.07, 6.45) is 2.10. The van der Waals surface area contributed by atoms with Gasteiger partial charge in [-0.25, -0.2) is 4.39 Å². The van der Waals surface area contributed by atoms with Crippen LogP contribution in [-0.2, 0) is 0 Å². The number of hydrogen-bond acceptors (Lipinski definition) is 5. The van der Waals surface area contributed by atoms with Crippen molar-refractivity contribution in [3.63, 3.8) is 0 Å². The van der Waals surface area contributed by atoms with Crippen LogP contribution >= 0.6 is 22.7 Å². The standard InChI is InChI=1S/C21H24FN3OS2/c22-16-3-4-17-18(14-28-19(17)12-16)15-11-20(27-13-15)21(26)24-5-1-2-8-25-9-6-23-7-10-25/h3-4,11-14,23H,1-2,5-10H2,(H,24,26). The average molecular weight is 418 g/mol. The molecule has 1 aliphatic heterocycles. The SMILES string of the molecule is O=C(NCCCCN1CCNCC1)c1cc(-c2csc3cc(F)ccc23)cs1. The van der Waals surface area contributed by atoms with Crippen molar-refractivity contribution < 1.29 is 9.18 Å². The zero-order valence-corrected chi connectivity index (χ0v) is 17.3. The summed E-state index contributed by atoms with van der Waals surface area (Å²) < 4.78 is 14.3. The molecule has 0 spiro atoms. The number of nitrogens with one attached hydrogen (secondary N) is 2. The van der Waals surface area contributed by atoms with Crippen molar-refractivity contribution >= 4 is 38.7 Å². The molecule has 1 aliphatic rings. The van der Waals surface area contributed by atoms with Crippen molar-refractivity contribution in [2.24, 2.45) is 0 Å². The lowest BCUT2D eigenvalue weighted by atomic mass is 10.1. The van der Waals surface area contributed by atoms with Crippen molar-refractivity contribution in [2.75, 3.05) is 39.3 Å². The highest BCUT2D eigenvalue weighted by atomic mass is 32.1. The van der Waals surface area contributed by atoms with Gasteiger partial charge in [0.05, 0.1) is 4.88 Å². The predicted molar refractivity (Wildman–Crippen MR) is 116 cm³/mol. The van der Waals surface area contributed by atoms with E-state index in [4.69, 9.17) is 0 Å². The molecule has 4 rings (SSSR count). The normalized spacial score (nSPS) is 15.2. The molecule has 1 aromatic carbocycles. The molecule has 1 saturated heterocycles. The van der Waals surface area contributed by atoms with Crippen LogP contribution in [0.25, 0.3) is 21.2 Å². The fraction of sp³-hybridized carbons (Fsp3) is 0.381. The van der Waals surface area contributed by atoms with Gasteiger partial charge in [0.25, 0.3) is 5.91 Å². The summed E-state index contributed by atoms with van der Waals surface area (Å²) in [5.74, 6) is -0.229. The van der Waals surface area contributed by atoms with Crippen LogP contribution in [0.3, 0.4) is 0 Å². The Morgan fingerprint density at radius 1 is 1.14 bits per heavy atom. The number of carbonyl (C=O) groups excluding carboxylic acids is 1. The Bertz CT molecular complexity index is 946. The number of amides is 1. The Kier molecular flexibility index (Phi) is 6.36. The second-order valence-electron chi connectivity index (χ2n) is 7.04. The smallest absolute Gasteiger partial charge is 0.261 e. The summed E-state index contributed by atoms with van der Waals surface area (Å²) in [7, 11) is 0. The molecule has 0 saturated carbocycles. The number of fused-ring (bicyclic) bond motifs is 1. The number of benzene rings is 1. The van der Waals surface area contributed by atoms with Crippen LogP contribution in [-0.4, -0.2) is 50.1 Å². The number of nitrogens with zero attached hydrogens (tertiary/aromatic N) is 1. The highest BCUT2D eigenvalue weighted by Crippen LogP contribution is 2.36. The summed E-state index contributed by atoms with van der Waals surface area (Å²) in [6, 6.07) is 6.79. The van der Waals surface area contributed by atoms with Crippen molar-refractivity contribution in [1.82, 2.24) is 15.5 Å². The zero-order valence-electron chi connectivity index (χ0n) is 15.7. The molecule has 0 aliphatic carbocycles. The van der Waals surface area contributed by atoms with Gasteiger partial charge in [-0.05, 0) is 53.9 Å². The number of rotatable bonds is 7. The number of unbranched alkanes of at least 4 members (excludes halogenated alkanes) is 1. The van der Waals surface area contributed by atoms with Gasteiger partial charge in [-0.2, -0.15) is 0 Å². The number of thiophene rings is 2. The van der Waals surface area contributed by atoms with Crippen LogP contribution in [0, 0.1) is 5.82 Å². The molecule has 28 heavy (non-hydrogen) atoms. The highest BCUT2D eigenvalue weighted by molar-refractivity contribution is 7.18. The third kappa shape index (κ3) is 4.60. The van der Waals surface area contributed by atoms with Gasteiger partial charge in [0.1, 0.15) is 5.82 Å². The van der Waals surface area contributed by atoms with Crippen molar-refractivity contribution in [1.29, 1.82) is 0 Å². The Morgan fingerprint density at radius 2 is 2.00 bits per heavy atom. The van der Waals surface area contributed by atoms with Crippen LogP contribution in [0.4, 0.5) is 4.39 Å². The third-order valence-electron chi connectivity index (χ3n) is 5.07. The monoisotopic (exact) mass is 417 g/mol. The summed E-state index contributed by atoms with van der Waals surface area (Å²) in [5.41, 5.74) is 2.08. The average Bonchev–Trinajstić information content (AvgIpc) is 3.35. The molecule has 3 aromatic rings. The Balaban J connectivity index is 1.29. The fourth-order valence-corrected chi connectivity index (χ4v) is 5.32. The van der Waals surface area contributed by atoms with E-state index in [1.807, 2.05) is 22.9 Å². The number of carbonyl (C=O) groups is 1. The molecule has 0 bridgehead atoms. The molecular formula is C21H24FN3OS2. The van der Waals surface area contributed by atoms with E-state index in [0.717, 1.165) is 71.7 Å². The maximum Gasteiger partial charge on any atom is 0.261 e. The minimum Gasteiger partial charge on any atom is -0.351 e. The summed E-state index contributed by atoms with van der Waals surface area (Å²) in [4.78, 5) is 15.6.